The molecule has 0 aliphatic carbocycles. The van der Waals surface area contributed by atoms with Gasteiger partial charge in [0.1, 0.15) is 5.75 Å². The summed E-state index contributed by atoms with van der Waals surface area (Å²) in [5, 5.41) is 26.9. The number of aromatic hydroxyl groups is 1. The van der Waals surface area contributed by atoms with Crippen LogP contribution in [0.25, 0.3) is 0 Å². The van der Waals surface area contributed by atoms with Crippen LogP contribution in [0.15, 0.2) is 12.1 Å². The topological polar surface area (TPSA) is 81.3 Å². The first-order valence-electron chi connectivity index (χ1n) is 4.11. The van der Waals surface area contributed by atoms with Crippen molar-refractivity contribution in [1.82, 2.24) is 0 Å². The van der Waals surface area contributed by atoms with E-state index in [2.05, 4.69) is 0 Å². The lowest BCUT2D eigenvalue weighted by molar-refractivity contribution is -0.136. The van der Waals surface area contributed by atoms with Gasteiger partial charge in [-0.15, -0.1) is 11.6 Å². The summed E-state index contributed by atoms with van der Waals surface area (Å²) in [6.07, 6.45) is -0.320. The van der Waals surface area contributed by atoms with Crippen molar-refractivity contribution in [3.05, 3.63) is 28.8 Å². The number of hydrogen-bond acceptors (Lipinski definition) is 3. The third-order valence-corrected chi connectivity index (χ3v) is 2.26. The zero-order valence-corrected chi connectivity index (χ0v) is 8.45. The van der Waals surface area contributed by atoms with Gasteiger partial charge in [-0.05, 0) is 17.7 Å². The number of alkyl halides is 1. The van der Waals surface area contributed by atoms with Crippen molar-refractivity contribution in [1.29, 1.82) is 5.26 Å². The fraction of sp³-hybridized carbons (Fsp3) is 0.200. The van der Waals surface area contributed by atoms with Gasteiger partial charge in [-0.2, -0.15) is 5.26 Å². The summed E-state index contributed by atoms with van der Waals surface area (Å²) in [7, 11) is 0. The minimum atomic E-state index is -1.07. The fourth-order valence-corrected chi connectivity index (χ4v) is 1.59. The summed E-state index contributed by atoms with van der Waals surface area (Å²) in [5.74, 6) is -1.17. The third kappa shape index (κ3) is 2.39. The molecule has 0 heterocycles. The second-order valence-electron chi connectivity index (χ2n) is 2.91. The Bertz CT molecular complexity index is 437. The number of carboxylic acid groups (broad SMARTS) is 1. The van der Waals surface area contributed by atoms with E-state index < -0.39 is 5.97 Å². The molecule has 1 aromatic rings. The molecular weight excluding hydrogens is 218 g/mol. The van der Waals surface area contributed by atoms with E-state index in [0.29, 0.717) is 5.56 Å². The molecule has 0 aliphatic heterocycles. The van der Waals surface area contributed by atoms with Crippen molar-refractivity contribution in [2.75, 3.05) is 0 Å². The first kappa shape index (κ1) is 11.3. The molecule has 0 fully saturated rings. The van der Waals surface area contributed by atoms with E-state index in [-0.39, 0.29) is 29.2 Å². The summed E-state index contributed by atoms with van der Waals surface area (Å²) in [6, 6.07) is 4.58. The lowest BCUT2D eigenvalue weighted by Crippen LogP contribution is -2.05. The Hall–Kier alpha value is -1.73. The van der Waals surface area contributed by atoms with Gasteiger partial charge in [-0.1, -0.05) is 0 Å². The quantitative estimate of drug-likeness (QED) is 0.766. The largest absolute Gasteiger partial charge is 0.508 e. The van der Waals surface area contributed by atoms with Crippen LogP contribution in [0.4, 0.5) is 0 Å². The van der Waals surface area contributed by atoms with E-state index in [4.69, 9.17) is 22.0 Å². The number of carbonyl (C=O) groups is 1. The SMILES string of the molecule is N#Cc1ccc(O)c(CCl)c1CC(=O)O. The number of carboxylic acids is 1. The fourth-order valence-electron chi connectivity index (χ4n) is 1.29. The molecule has 0 amide bonds. The number of hydrogen-bond donors (Lipinski definition) is 2. The van der Waals surface area contributed by atoms with Crippen LogP contribution in [0, 0.1) is 11.3 Å². The van der Waals surface area contributed by atoms with Gasteiger partial charge in [0.15, 0.2) is 0 Å². The van der Waals surface area contributed by atoms with Crippen molar-refractivity contribution in [3.8, 4) is 11.8 Å². The molecule has 0 bridgehead atoms. The normalized spacial score (nSPS) is 9.60. The van der Waals surface area contributed by atoms with Crippen LogP contribution in [0.2, 0.25) is 0 Å². The monoisotopic (exact) mass is 225 g/mol. The Balaban J connectivity index is 3.35. The first-order valence-corrected chi connectivity index (χ1v) is 4.65. The van der Waals surface area contributed by atoms with E-state index >= 15 is 0 Å². The summed E-state index contributed by atoms with van der Waals surface area (Å²) in [5.41, 5.74) is 0.809. The molecule has 1 aromatic carbocycles. The molecule has 0 aromatic heterocycles. The number of halogens is 1. The second kappa shape index (κ2) is 4.67. The number of phenols is 1. The van der Waals surface area contributed by atoms with E-state index in [0.717, 1.165) is 0 Å². The van der Waals surface area contributed by atoms with Crippen LogP contribution >= 0.6 is 11.6 Å². The standard InChI is InChI=1S/C10H8ClNO3/c11-4-8-7(3-10(14)15)6(5-12)1-2-9(8)13/h1-2,13H,3-4H2,(H,14,15). The molecule has 0 saturated carbocycles. The van der Waals surface area contributed by atoms with E-state index in [1.165, 1.54) is 12.1 Å². The van der Waals surface area contributed by atoms with E-state index in [9.17, 15) is 9.90 Å². The summed E-state index contributed by atoms with van der Waals surface area (Å²) in [4.78, 5) is 10.6. The predicted molar refractivity (Wildman–Crippen MR) is 53.7 cm³/mol. The van der Waals surface area contributed by atoms with Gasteiger partial charge in [-0.25, -0.2) is 0 Å². The lowest BCUT2D eigenvalue weighted by Gasteiger charge is -2.08. The highest BCUT2D eigenvalue weighted by atomic mass is 35.5. The number of rotatable bonds is 3. The van der Waals surface area contributed by atoms with Gasteiger partial charge in [0.25, 0.3) is 0 Å². The third-order valence-electron chi connectivity index (χ3n) is 1.99. The Morgan fingerprint density at radius 1 is 1.47 bits per heavy atom. The molecule has 0 unspecified atom stereocenters. The number of benzene rings is 1. The highest BCUT2D eigenvalue weighted by molar-refractivity contribution is 6.17. The van der Waals surface area contributed by atoms with Crippen LogP contribution in [0.3, 0.4) is 0 Å². The van der Waals surface area contributed by atoms with Crippen molar-refractivity contribution >= 4 is 17.6 Å². The van der Waals surface area contributed by atoms with Crippen LogP contribution in [-0.2, 0) is 17.1 Å². The first-order chi connectivity index (χ1) is 7.10. The molecule has 0 spiro atoms. The van der Waals surface area contributed by atoms with E-state index in [1.807, 2.05) is 6.07 Å². The average Bonchev–Trinajstić information content (AvgIpc) is 2.18. The van der Waals surface area contributed by atoms with Crippen LogP contribution in [-0.4, -0.2) is 16.2 Å². The Morgan fingerprint density at radius 3 is 2.60 bits per heavy atom. The zero-order valence-electron chi connectivity index (χ0n) is 7.70. The van der Waals surface area contributed by atoms with Crippen molar-refractivity contribution in [3.63, 3.8) is 0 Å². The highest BCUT2D eigenvalue weighted by Gasteiger charge is 2.14. The van der Waals surface area contributed by atoms with Crippen molar-refractivity contribution in [2.45, 2.75) is 12.3 Å². The summed E-state index contributed by atoms with van der Waals surface area (Å²) < 4.78 is 0. The number of nitrogens with zero attached hydrogens (tertiary/aromatic N) is 1. The van der Waals surface area contributed by atoms with Gasteiger partial charge >= 0.3 is 5.97 Å². The Morgan fingerprint density at radius 2 is 2.13 bits per heavy atom. The second-order valence-corrected chi connectivity index (χ2v) is 3.17. The zero-order chi connectivity index (χ0) is 11.4. The summed E-state index contributed by atoms with van der Waals surface area (Å²) in [6.45, 7) is 0. The minimum Gasteiger partial charge on any atom is -0.508 e. The maximum atomic E-state index is 10.6. The highest BCUT2D eigenvalue weighted by Crippen LogP contribution is 2.26. The Kier molecular flexibility index (Phi) is 3.53. The predicted octanol–water partition coefficient (Wildman–Crippen LogP) is 1.63. The smallest absolute Gasteiger partial charge is 0.307 e. The molecule has 5 heteroatoms. The minimum absolute atomic E-state index is 0.0238. The maximum Gasteiger partial charge on any atom is 0.307 e. The van der Waals surface area contributed by atoms with Gasteiger partial charge in [0.05, 0.1) is 23.9 Å². The molecular formula is C10H8ClNO3. The van der Waals surface area contributed by atoms with Crippen molar-refractivity contribution < 1.29 is 15.0 Å². The van der Waals surface area contributed by atoms with Gasteiger partial charge in [0.2, 0.25) is 0 Å². The van der Waals surface area contributed by atoms with Crippen LogP contribution in [0.5, 0.6) is 5.75 Å². The average molecular weight is 226 g/mol. The number of nitriles is 1. The van der Waals surface area contributed by atoms with Crippen LogP contribution < -0.4 is 0 Å². The van der Waals surface area contributed by atoms with E-state index in [1.54, 1.807) is 0 Å². The van der Waals surface area contributed by atoms with Crippen LogP contribution in [0.1, 0.15) is 16.7 Å². The molecule has 4 nitrogen and oxygen atoms in total. The maximum absolute atomic E-state index is 10.6. The van der Waals surface area contributed by atoms with Gasteiger partial charge in [0, 0.05) is 5.56 Å². The molecule has 78 valence electrons. The molecule has 0 radical (unpaired) electrons. The number of phenolic OH excluding ortho intramolecular Hbond substituents is 1. The van der Waals surface area contributed by atoms with Gasteiger partial charge < -0.3 is 10.2 Å². The van der Waals surface area contributed by atoms with Crippen molar-refractivity contribution in [2.24, 2.45) is 0 Å². The molecule has 0 aliphatic rings. The Labute approximate surface area is 91.3 Å². The summed E-state index contributed by atoms with van der Waals surface area (Å²) >= 11 is 5.59. The lowest BCUT2D eigenvalue weighted by atomic mass is 9.99. The molecule has 2 N–H and O–H groups in total. The molecule has 0 saturated heterocycles. The molecule has 0 atom stereocenters. The van der Waals surface area contributed by atoms with Gasteiger partial charge in [-0.3, -0.25) is 4.79 Å². The molecule has 1 rings (SSSR count). The number of aliphatic carboxylic acids is 1. The molecule has 15 heavy (non-hydrogen) atoms.